The van der Waals surface area contributed by atoms with Crippen molar-refractivity contribution in [3.05, 3.63) is 12.2 Å². The first-order chi connectivity index (χ1) is 7.14. The maximum absolute atomic E-state index is 10.0. The van der Waals surface area contributed by atoms with Gasteiger partial charge in [-0.3, -0.25) is 0 Å². The molecule has 0 bridgehead atoms. The van der Waals surface area contributed by atoms with Gasteiger partial charge in [-0.1, -0.05) is 12.2 Å². The van der Waals surface area contributed by atoms with E-state index in [2.05, 4.69) is 17.5 Å². The molecule has 0 aliphatic heterocycles. The molecule has 3 nitrogen and oxygen atoms in total. The van der Waals surface area contributed by atoms with Gasteiger partial charge in [0, 0.05) is 32.7 Å². The summed E-state index contributed by atoms with van der Waals surface area (Å²) in [5.41, 5.74) is -0.665. The standard InChI is InChI=1S/C12H23NO2/c1-12(14,8-9-15-2)10-13-11-6-4-3-5-7-11/h4,6,11,13-14H,3,5,7-10H2,1-2H3. The van der Waals surface area contributed by atoms with Gasteiger partial charge in [-0.2, -0.15) is 0 Å². The van der Waals surface area contributed by atoms with Crippen LogP contribution in [0.3, 0.4) is 0 Å². The summed E-state index contributed by atoms with van der Waals surface area (Å²) in [4.78, 5) is 0. The van der Waals surface area contributed by atoms with E-state index >= 15 is 0 Å². The molecular weight excluding hydrogens is 190 g/mol. The minimum Gasteiger partial charge on any atom is -0.389 e. The fourth-order valence-corrected chi connectivity index (χ4v) is 1.74. The highest BCUT2D eigenvalue weighted by Gasteiger charge is 2.21. The Morgan fingerprint density at radius 2 is 2.40 bits per heavy atom. The Labute approximate surface area is 92.5 Å². The molecule has 1 rings (SSSR count). The molecule has 88 valence electrons. The monoisotopic (exact) mass is 213 g/mol. The van der Waals surface area contributed by atoms with E-state index in [1.54, 1.807) is 7.11 Å². The van der Waals surface area contributed by atoms with E-state index in [1.165, 1.54) is 19.3 Å². The lowest BCUT2D eigenvalue weighted by atomic mass is 9.99. The zero-order valence-electron chi connectivity index (χ0n) is 9.83. The predicted octanol–water partition coefficient (Wildman–Crippen LogP) is 1.47. The zero-order valence-corrected chi connectivity index (χ0v) is 9.83. The molecule has 0 aromatic carbocycles. The van der Waals surface area contributed by atoms with Gasteiger partial charge in [0.25, 0.3) is 0 Å². The quantitative estimate of drug-likeness (QED) is 0.657. The number of ether oxygens (including phenoxy) is 1. The van der Waals surface area contributed by atoms with E-state index in [4.69, 9.17) is 4.74 Å². The minimum atomic E-state index is -0.665. The van der Waals surface area contributed by atoms with Crippen molar-refractivity contribution in [2.45, 2.75) is 44.2 Å². The third kappa shape index (κ3) is 5.30. The Morgan fingerprint density at radius 3 is 3.00 bits per heavy atom. The number of hydrogen-bond acceptors (Lipinski definition) is 3. The molecule has 0 heterocycles. The third-order valence-corrected chi connectivity index (χ3v) is 2.84. The van der Waals surface area contributed by atoms with Crippen LogP contribution in [0.15, 0.2) is 12.2 Å². The van der Waals surface area contributed by atoms with Crippen molar-refractivity contribution in [2.24, 2.45) is 0 Å². The summed E-state index contributed by atoms with van der Waals surface area (Å²) in [6, 6.07) is 0.438. The molecule has 2 atom stereocenters. The van der Waals surface area contributed by atoms with Crippen LogP contribution in [-0.2, 0) is 4.74 Å². The van der Waals surface area contributed by atoms with Crippen LogP contribution in [0.4, 0.5) is 0 Å². The number of aliphatic hydroxyl groups is 1. The highest BCUT2D eigenvalue weighted by atomic mass is 16.5. The van der Waals surface area contributed by atoms with Crippen LogP contribution in [0, 0.1) is 0 Å². The average Bonchev–Trinajstić information content (AvgIpc) is 2.25. The summed E-state index contributed by atoms with van der Waals surface area (Å²) >= 11 is 0. The fraction of sp³-hybridized carbons (Fsp3) is 0.833. The number of hydrogen-bond donors (Lipinski definition) is 2. The summed E-state index contributed by atoms with van der Waals surface area (Å²) in [6.07, 6.45) is 8.71. The maximum atomic E-state index is 10.0. The lowest BCUT2D eigenvalue weighted by Crippen LogP contribution is -2.43. The molecule has 0 amide bonds. The summed E-state index contributed by atoms with van der Waals surface area (Å²) in [7, 11) is 1.66. The van der Waals surface area contributed by atoms with Gasteiger partial charge in [-0.05, 0) is 26.2 Å². The van der Waals surface area contributed by atoms with Gasteiger partial charge in [0.05, 0.1) is 5.60 Å². The second kappa shape index (κ2) is 6.26. The molecular formula is C12H23NO2. The van der Waals surface area contributed by atoms with Crippen LogP contribution < -0.4 is 5.32 Å². The van der Waals surface area contributed by atoms with Crippen molar-refractivity contribution in [2.75, 3.05) is 20.3 Å². The molecule has 2 N–H and O–H groups in total. The zero-order chi connectivity index (χ0) is 11.1. The van der Waals surface area contributed by atoms with Gasteiger partial charge in [-0.25, -0.2) is 0 Å². The molecule has 0 fully saturated rings. The van der Waals surface area contributed by atoms with Crippen molar-refractivity contribution in [3.63, 3.8) is 0 Å². The van der Waals surface area contributed by atoms with Gasteiger partial charge < -0.3 is 15.2 Å². The number of methoxy groups -OCH3 is 1. The van der Waals surface area contributed by atoms with Crippen molar-refractivity contribution in [3.8, 4) is 0 Å². The van der Waals surface area contributed by atoms with Crippen LogP contribution in [0.25, 0.3) is 0 Å². The second-order valence-electron chi connectivity index (χ2n) is 4.59. The van der Waals surface area contributed by atoms with Gasteiger partial charge in [0.15, 0.2) is 0 Å². The molecule has 0 radical (unpaired) electrons. The second-order valence-corrected chi connectivity index (χ2v) is 4.59. The van der Waals surface area contributed by atoms with Crippen LogP contribution in [0.1, 0.15) is 32.6 Å². The van der Waals surface area contributed by atoms with E-state index in [-0.39, 0.29) is 0 Å². The summed E-state index contributed by atoms with van der Waals surface area (Å²) in [5, 5.41) is 13.4. The van der Waals surface area contributed by atoms with E-state index in [9.17, 15) is 5.11 Å². The Hall–Kier alpha value is -0.380. The first-order valence-electron chi connectivity index (χ1n) is 5.75. The van der Waals surface area contributed by atoms with Crippen molar-refractivity contribution < 1.29 is 9.84 Å². The molecule has 1 aliphatic carbocycles. The van der Waals surface area contributed by atoms with Crippen LogP contribution in [0.2, 0.25) is 0 Å². The lowest BCUT2D eigenvalue weighted by molar-refractivity contribution is 0.0235. The first-order valence-corrected chi connectivity index (χ1v) is 5.75. The van der Waals surface area contributed by atoms with Crippen LogP contribution in [-0.4, -0.2) is 37.0 Å². The number of nitrogens with one attached hydrogen (secondary N) is 1. The van der Waals surface area contributed by atoms with E-state index < -0.39 is 5.60 Å². The van der Waals surface area contributed by atoms with Crippen molar-refractivity contribution in [1.29, 1.82) is 0 Å². The SMILES string of the molecule is COCCC(C)(O)CNC1C=CCCC1. The highest BCUT2D eigenvalue weighted by Crippen LogP contribution is 2.12. The Morgan fingerprint density at radius 1 is 1.60 bits per heavy atom. The normalized spacial score (nSPS) is 25.1. The number of rotatable bonds is 6. The van der Waals surface area contributed by atoms with E-state index in [0.717, 1.165) is 0 Å². The molecule has 0 aromatic rings. The summed E-state index contributed by atoms with van der Waals surface area (Å²) in [6.45, 7) is 3.09. The third-order valence-electron chi connectivity index (χ3n) is 2.84. The highest BCUT2D eigenvalue weighted by molar-refractivity contribution is 4.98. The van der Waals surface area contributed by atoms with E-state index in [0.29, 0.717) is 25.6 Å². The topological polar surface area (TPSA) is 41.5 Å². The predicted molar refractivity (Wildman–Crippen MR) is 61.9 cm³/mol. The molecule has 0 spiro atoms. The van der Waals surface area contributed by atoms with E-state index in [1.807, 2.05) is 6.92 Å². The minimum absolute atomic E-state index is 0.438. The largest absolute Gasteiger partial charge is 0.389 e. The molecule has 3 heteroatoms. The molecule has 1 aliphatic rings. The average molecular weight is 213 g/mol. The number of allylic oxidation sites excluding steroid dienone is 1. The molecule has 0 aromatic heterocycles. The smallest absolute Gasteiger partial charge is 0.0765 e. The van der Waals surface area contributed by atoms with Crippen LogP contribution >= 0.6 is 0 Å². The molecule has 0 saturated carbocycles. The maximum Gasteiger partial charge on any atom is 0.0765 e. The summed E-state index contributed by atoms with van der Waals surface area (Å²) < 4.78 is 4.97. The van der Waals surface area contributed by atoms with Gasteiger partial charge in [-0.15, -0.1) is 0 Å². The first kappa shape index (κ1) is 12.7. The van der Waals surface area contributed by atoms with Crippen molar-refractivity contribution in [1.82, 2.24) is 5.32 Å². The van der Waals surface area contributed by atoms with Crippen molar-refractivity contribution >= 4 is 0 Å². The molecule has 2 unspecified atom stereocenters. The Balaban J connectivity index is 2.22. The van der Waals surface area contributed by atoms with Gasteiger partial charge in [0.1, 0.15) is 0 Å². The van der Waals surface area contributed by atoms with Gasteiger partial charge >= 0.3 is 0 Å². The summed E-state index contributed by atoms with van der Waals surface area (Å²) in [5.74, 6) is 0. The lowest BCUT2D eigenvalue weighted by Gasteiger charge is -2.27. The Bertz CT molecular complexity index is 202. The fourth-order valence-electron chi connectivity index (χ4n) is 1.74. The van der Waals surface area contributed by atoms with Gasteiger partial charge in [0.2, 0.25) is 0 Å². The van der Waals surface area contributed by atoms with Crippen LogP contribution in [0.5, 0.6) is 0 Å². The Kier molecular flexibility index (Phi) is 5.29. The molecule has 15 heavy (non-hydrogen) atoms. The molecule has 0 saturated heterocycles.